The minimum atomic E-state index is 0.231. The second kappa shape index (κ2) is 7.61. The van der Waals surface area contributed by atoms with Crippen LogP contribution < -0.4 is 14.8 Å². The van der Waals surface area contributed by atoms with Crippen LogP contribution in [0, 0.1) is 11.3 Å². The van der Waals surface area contributed by atoms with Crippen LogP contribution in [0.15, 0.2) is 54.7 Å². The maximum absolute atomic E-state index is 9.11. The lowest BCUT2D eigenvalue weighted by atomic mass is 10.2. The number of aromatic nitrogens is 4. The van der Waals surface area contributed by atoms with Gasteiger partial charge in [-0.15, -0.1) is 10.2 Å². The van der Waals surface area contributed by atoms with Crippen LogP contribution in [-0.4, -0.2) is 27.7 Å². The summed E-state index contributed by atoms with van der Waals surface area (Å²) in [6.07, 6.45) is 1.52. The van der Waals surface area contributed by atoms with Gasteiger partial charge in [0.25, 0.3) is 0 Å². The van der Waals surface area contributed by atoms with Crippen LogP contribution in [0.4, 0.5) is 5.69 Å². The molecule has 0 saturated carbocycles. The summed E-state index contributed by atoms with van der Waals surface area (Å²) in [5.74, 6) is 2.41. The number of benzene rings is 2. The van der Waals surface area contributed by atoms with Crippen molar-refractivity contribution in [1.29, 1.82) is 5.26 Å². The molecule has 8 heteroatoms. The highest BCUT2D eigenvalue weighted by Crippen LogP contribution is 2.25. The van der Waals surface area contributed by atoms with Gasteiger partial charge in [-0.2, -0.15) is 10.5 Å². The third-order valence-corrected chi connectivity index (χ3v) is 3.24. The van der Waals surface area contributed by atoms with Crippen molar-refractivity contribution in [3.8, 4) is 23.3 Å². The van der Waals surface area contributed by atoms with Gasteiger partial charge in [-0.05, 0) is 53.7 Å². The molecule has 0 aliphatic carbocycles. The Balaban J connectivity index is 1.64. The van der Waals surface area contributed by atoms with Gasteiger partial charge in [-0.3, -0.25) is 0 Å². The third-order valence-electron chi connectivity index (χ3n) is 3.24. The molecule has 0 amide bonds. The molecule has 25 heavy (non-hydrogen) atoms. The number of methoxy groups -OCH3 is 1. The molecule has 0 radical (unpaired) electrons. The van der Waals surface area contributed by atoms with Gasteiger partial charge < -0.3 is 14.8 Å². The lowest BCUT2D eigenvalue weighted by Gasteiger charge is -2.07. The second-order valence-corrected chi connectivity index (χ2v) is 4.85. The summed E-state index contributed by atoms with van der Waals surface area (Å²) in [6.45, 7) is 0. The van der Waals surface area contributed by atoms with Crippen LogP contribution in [0.3, 0.4) is 0 Å². The molecule has 0 aliphatic heterocycles. The van der Waals surface area contributed by atoms with E-state index in [0.29, 0.717) is 11.5 Å². The fourth-order valence-corrected chi connectivity index (χ4v) is 1.98. The number of aromatic amines is 1. The number of rotatable bonds is 6. The summed E-state index contributed by atoms with van der Waals surface area (Å²) in [5, 5.41) is 25.4. The van der Waals surface area contributed by atoms with E-state index >= 15 is 0 Å². The van der Waals surface area contributed by atoms with Gasteiger partial charge in [0, 0.05) is 11.9 Å². The number of nitrogens with zero attached hydrogens (tertiary/aromatic N) is 4. The van der Waals surface area contributed by atoms with Crippen LogP contribution in [0.5, 0.6) is 17.2 Å². The fraction of sp³-hybridized carbons (Fsp3) is 0.0588. The van der Waals surface area contributed by atoms with Crippen LogP contribution in [-0.2, 0) is 0 Å². The summed E-state index contributed by atoms with van der Waals surface area (Å²) in [6, 6.07) is 16.6. The summed E-state index contributed by atoms with van der Waals surface area (Å²) < 4.78 is 10.9. The largest absolute Gasteiger partial charge is 0.497 e. The molecule has 3 aromatic rings. The Morgan fingerprint density at radius 3 is 2.28 bits per heavy atom. The van der Waals surface area contributed by atoms with Crippen molar-refractivity contribution in [3.05, 3.63) is 60.6 Å². The van der Waals surface area contributed by atoms with Crippen molar-refractivity contribution in [2.75, 3.05) is 12.4 Å². The molecule has 1 heterocycles. The van der Waals surface area contributed by atoms with Crippen LogP contribution in [0.1, 0.15) is 5.82 Å². The molecule has 2 aromatic carbocycles. The zero-order chi connectivity index (χ0) is 17.5. The summed E-state index contributed by atoms with van der Waals surface area (Å²) in [5.41, 5.74) is 1.06. The minimum absolute atomic E-state index is 0.231. The number of hydrogen-bond acceptors (Lipinski definition) is 7. The van der Waals surface area contributed by atoms with Crippen molar-refractivity contribution >= 4 is 11.3 Å². The molecule has 0 fully saturated rings. The maximum atomic E-state index is 9.11. The van der Waals surface area contributed by atoms with Crippen molar-refractivity contribution in [2.24, 2.45) is 0 Å². The van der Waals surface area contributed by atoms with Gasteiger partial charge in [0.15, 0.2) is 0 Å². The van der Waals surface area contributed by atoms with Crippen LogP contribution in [0.25, 0.3) is 5.57 Å². The monoisotopic (exact) mass is 334 g/mol. The number of ether oxygens (including phenoxy) is 2. The minimum Gasteiger partial charge on any atom is -0.497 e. The first-order valence-electron chi connectivity index (χ1n) is 7.31. The number of anilines is 1. The van der Waals surface area contributed by atoms with Crippen molar-refractivity contribution < 1.29 is 9.47 Å². The zero-order valence-electron chi connectivity index (χ0n) is 13.3. The molecule has 1 aromatic heterocycles. The highest BCUT2D eigenvalue weighted by molar-refractivity contribution is 5.74. The molecule has 0 unspecified atom stereocenters. The molecule has 0 aliphatic rings. The number of allylic oxidation sites excluding steroid dienone is 1. The van der Waals surface area contributed by atoms with E-state index in [1.54, 1.807) is 7.11 Å². The molecule has 124 valence electrons. The van der Waals surface area contributed by atoms with E-state index < -0.39 is 0 Å². The average Bonchev–Trinajstić information content (AvgIpc) is 3.19. The molecule has 0 bridgehead atoms. The second-order valence-electron chi connectivity index (χ2n) is 4.85. The Morgan fingerprint density at radius 1 is 1.08 bits per heavy atom. The first kappa shape index (κ1) is 16.0. The standard InChI is InChI=1S/C17H14N6O2/c1-24-14-6-8-16(9-7-14)25-15-4-2-13(3-5-15)19-11-12(10-18)17-20-22-23-21-17/h2-9,11,19H,1H3,(H,20,21,22,23). The number of H-pyrrole nitrogens is 1. The average molecular weight is 334 g/mol. The number of nitrogens with one attached hydrogen (secondary N) is 2. The number of tetrazole rings is 1. The van der Waals surface area contributed by atoms with Crippen molar-refractivity contribution in [1.82, 2.24) is 20.6 Å². The SMILES string of the molecule is COc1ccc(Oc2ccc(NC=C(C#N)c3nn[nH]n3)cc2)cc1. The molecule has 0 spiro atoms. The Morgan fingerprint density at radius 2 is 1.72 bits per heavy atom. The lowest BCUT2D eigenvalue weighted by molar-refractivity contribution is 0.413. The number of hydrogen-bond donors (Lipinski definition) is 2. The van der Waals surface area contributed by atoms with E-state index in [-0.39, 0.29) is 11.4 Å². The maximum Gasteiger partial charge on any atom is 0.216 e. The summed E-state index contributed by atoms with van der Waals surface area (Å²) in [7, 11) is 1.62. The van der Waals surface area contributed by atoms with E-state index in [4.69, 9.17) is 14.7 Å². The fourth-order valence-electron chi connectivity index (χ4n) is 1.98. The van der Waals surface area contributed by atoms with Gasteiger partial charge in [-0.25, -0.2) is 0 Å². The normalized spacial score (nSPS) is 10.8. The molecule has 0 saturated heterocycles. The van der Waals surface area contributed by atoms with Gasteiger partial charge in [0.1, 0.15) is 28.9 Å². The Labute approximate surface area is 143 Å². The van der Waals surface area contributed by atoms with E-state index in [1.807, 2.05) is 54.6 Å². The topological polar surface area (TPSA) is 109 Å². The predicted octanol–water partition coefficient (Wildman–Crippen LogP) is 2.98. The molecule has 8 nitrogen and oxygen atoms in total. The first-order valence-corrected chi connectivity index (χ1v) is 7.31. The predicted molar refractivity (Wildman–Crippen MR) is 90.9 cm³/mol. The first-order chi connectivity index (χ1) is 12.3. The van der Waals surface area contributed by atoms with Gasteiger partial charge >= 0.3 is 0 Å². The van der Waals surface area contributed by atoms with E-state index in [2.05, 4.69) is 25.9 Å². The quantitative estimate of drug-likeness (QED) is 0.667. The van der Waals surface area contributed by atoms with Crippen molar-refractivity contribution in [3.63, 3.8) is 0 Å². The highest BCUT2D eigenvalue weighted by atomic mass is 16.5. The number of nitriles is 1. The van der Waals surface area contributed by atoms with Crippen LogP contribution >= 0.6 is 0 Å². The molecular weight excluding hydrogens is 320 g/mol. The van der Waals surface area contributed by atoms with Gasteiger partial charge in [0.2, 0.25) is 5.82 Å². The molecule has 3 rings (SSSR count). The van der Waals surface area contributed by atoms with E-state index in [0.717, 1.165) is 11.4 Å². The Bertz CT molecular complexity index is 880. The Kier molecular flexibility index (Phi) is 4.87. The summed E-state index contributed by atoms with van der Waals surface area (Å²) >= 11 is 0. The lowest BCUT2D eigenvalue weighted by Crippen LogP contribution is -1.93. The van der Waals surface area contributed by atoms with E-state index in [9.17, 15) is 0 Å². The van der Waals surface area contributed by atoms with Crippen molar-refractivity contribution in [2.45, 2.75) is 0 Å². The van der Waals surface area contributed by atoms with Gasteiger partial charge in [0.05, 0.1) is 7.11 Å². The molecule has 2 N–H and O–H groups in total. The Hall–Kier alpha value is -3.86. The highest BCUT2D eigenvalue weighted by Gasteiger charge is 2.05. The zero-order valence-corrected chi connectivity index (χ0v) is 13.3. The molecular formula is C17H14N6O2. The van der Waals surface area contributed by atoms with E-state index in [1.165, 1.54) is 6.20 Å². The smallest absolute Gasteiger partial charge is 0.216 e. The van der Waals surface area contributed by atoms with Gasteiger partial charge in [-0.1, -0.05) is 0 Å². The third kappa shape index (κ3) is 4.11. The molecule has 0 atom stereocenters. The summed E-state index contributed by atoms with van der Waals surface area (Å²) in [4.78, 5) is 0. The van der Waals surface area contributed by atoms with Crippen LogP contribution in [0.2, 0.25) is 0 Å².